The normalized spacial score (nSPS) is 17.6. The van der Waals surface area contributed by atoms with Gasteiger partial charge in [0, 0.05) is 18.4 Å². The van der Waals surface area contributed by atoms with Crippen molar-refractivity contribution in [3.05, 3.63) is 39.3 Å². The van der Waals surface area contributed by atoms with E-state index in [1.165, 1.54) is 15.9 Å². The topological polar surface area (TPSA) is 86.1 Å². The van der Waals surface area contributed by atoms with Crippen LogP contribution in [0.15, 0.2) is 23.1 Å². The second-order valence-electron chi connectivity index (χ2n) is 5.12. The molecule has 2 aromatic rings. The minimum Gasteiger partial charge on any atom is -0.371 e. The maximum Gasteiger partial charge on any atom is 0.253 e. The van der Waals surface area contributed by atoms with E-state index >= 15 is 0 Å². The van der Waals surface area contributed by atoms with Gasteiger partial charge in [-0.25, -0.2) is 0 Å². The fourth-order valence-electron chi connectivity index (χ4n) is 2.28. The Hall–Kier alpha value is -2.06. The van der Waals surface area contributed by atoms with Gasteiger partial charge in [-0.1, -0.05) is 17.4 Å². The molecule has 22 heavy (non-hydrogen) atoms. The summed E-state index contributed by atoms with van der Waals surface area (Å²) in [5.41, 5.74) is 0.432. The number of aryl methyl sites for hydroxylation is 1. The quantitative estimate of drug-likeness (QED) is 0.922. The van der Waals surface area contributed by atoms with Crippen LogP contribution in [0.4, 0.5) is 5.13 Å². The number of nitrogens with zero attached hydrogens (tertiary/aromatic N) is 3. The summed E-state index contributed by atoms with van der Waals surface area (Å²) in [6, 6.07) is 3.46. The maximum atomic E-state index is 12.0. The molecule has 0 radical (unpaired) electrons. The van der Waals surface area contributed by atoms with E-state index in [1.807, 2.05) is 0 Å². The predicted octanol–water partition coefficient (Wildman–Crippen LogP) is 1.50. The zero-order valence-corrected chi connectivity index (χ0v) is 12.9. The van der Waals surface area contributed by atoms with Crippen LogP contribution in [-0.4, -0.2) is 27.3 Å². The Morgan fingerprint density at radius 2 is 2.41 bits per heavy atom. The van der Waals surface area contributed by atoms with Crippen molar-refractivity contribution in [3.8, 4) is 0 Å². The first kappa shape index (κ1) is 14.9. The molecule has 1 atom stereocenters. The van der Waals surface area contributed by atoms with Crippen LogP contribution in [0.1, 0.15) is 29.5 Å². The van der Waals surface area contributed by atoms with E-state index in [9.17, 15) is 9.59 Å². The summed E-state index contributed by atoms with van der Waals surface area (Å²) in [6.45, 7) is 2.41. The zero-order chi connectivity index (χ0) is 15.5. The number of carbonyl (C=O) groups excluding carboxylic acids is 1. The number of hydrogen-bond donors (Lipinski definition) is 1. The van der Waals surface area contributed by atoms with Crippen LogP contribution in [0.25, 0.3) is 0 Å². The fraction of sp³-hybridized carbons (Fsp3) is 0.429. The second kappa shape index (κ2) is 6.37. The number of carbonyl (C=O) groups is 1. The molecule has 7 nitrogen and oxygen atoms in total. The number of nitrogens with one attached hydrogen (secondary N) is 1. The van der Waals surface area contributed by atoms with Crippen molar-refractivity contribution in [2.24, 2.45) is 0 Å². The summed E-state index contributed by atoms with van der Waals surface area (Å²) in [6.07, 6.45) is 3.53. The van der Waals surface area contributed by atoms with Crippen LogP contribution < -0.4 is 10.9 Å². The fourth-order valence-corrected chi connectivity index (χ4v) is 3.13. The summed E-state index contributed by atoms with van der Waals surface area (Å²) < 4.78 is 6.90. The van der Waals surface area contributed by atoms with E-state index < -0.39 is 0 Å². The van der Waals surface area contributed by atoms with Crippen molar-refractivity contribution in [3.63, 3.8) is 0 Å². The molecule has 1 saturated heterocycles. The highest BCUT2D eigenvalue weighted by Gasteiger charge is 2.22. The van der Waals surface area contributed by atoms with Crippen LogP contribution >= 0.6 is 11.3 Å². The molecule has 0 spiro atoms. The minimum atomic E-state index is -0.303. The van der Waals surface area contributed by atoms with Crippen LogP contribution in [0, 0.1) is 6.92 Å². The number of ether oxygens (including phenoxy) is 1. The van der Waals surface area contributed by atoms with Gasteiger partial charge in [0.15, 0.2) is 0 Å². The molecule has 3 heterocycles. The molecule has 1 aliphatic rings. The molecule has 1 N–H and O–H groups in total. The highest BCUT2D eigenvalue weighted by Crippen LogP contribution is 2.31. The van der Waals surface area contributed by atoms with Gasteiger partial charge >= 0.3 is 0 Å². The number of aromatic nitrogens is 3. The SMILES string of the molecule is Cc1cccn(CC(=O)Nc2nnc(C3CCCO3)s2)c1=O. The van der Waals surface area contributed by atoms with Gasteiger partial charge in [0.1, 0.15) is 17.7 Å². The van der Waals surface area contributed by atoms with Gasteiger partial charge in [0.2, 0.25) is 11.0 Å². The second-order valence-corrected chi connectivity index (χ2v) is 6.13. The van der Waals surface area contributed by atoms with E-state index in [1.54, 1.807) is 25.3 Å². The standard InChI is InChI=1S/C14H16N4O3S/c1-9-4-2-6-18(13(9)20)8-11(19)15-14-17-16-12(22-14)10-5-3-7-21-10/h2,4,6,10H,3,5,7-8H2,1H3,(H,15,17,19). The average molecular weight is 320 g/mol. The van der Waals surface area contributed by atoms with E-state index in [0.29, 0.717) is 10.7 Å². The van der Waals surface area contributed by atoms with Crippen molar-refractivity contribution < 1.29 is 9.53 Å². The lowest BCUT2D eigenvalue weighted by Gasteiger charge is -2.05. The first-order valence-electron chi connectivity index (χ1n) is 7.04. The number of rotatable bonds is 4. The summed E-state index contributed by atoms with van der Waals surface area (Å²) in [5.74, 6) is -0.303. The Bertz CT molecular complexity index is 734. The molecule has 1 fully saturated rings. The van der Waals surface area contributed by atoms with Crippen LogP contribution in [0.3, 0.4) is 0 Å². The molecule has 116 valence electrons. The van der Waals surface area contributed by atoms with Gasteiger partial charge in [0.25, 0.3) is 5.56 Å². The lowest BCUT2D eigenvalue weighted by molar-refractivity contribution is -0.116. The van der Waals surface area contributed by atoms with Crippen LogP contribution in [0.2, 0.25) is 0 Å². The molecule has 1 unspecified atom stereocenters. The van der Waals surface area contributed by atoms with E-state index in [0.717, 1.165) is 24.5 Å². The molecule has 0 aromatic carbocycles. The van der Waals surface area contributed by atoms with Gasteiger partial charge < -0.3 is 9.30 Å². The summed E-state index contributed by atoms with van der Waals surface area (Å²) in [4.78, 5) is 23.9. The molecular weight excluding hydrogens is 304 g/mol. The van der Waals surface area contributed by atoms with Crippen molar-refractivity contribution >= 4 is 22.4 Å². The average Bonchev–Trinajstić information content (AvgIpc) is 3.14. The molecule has 8 heteroatoms. The Balaban J connectivity index is 1.64. The highest BCUT2D eigenvalue weighted by molar-refractivity contribution is 7.15. The van der Waals surface area contributed by atoms with Crippen LogP contribution in [-0.2, 0) is 16.1 Å². The lowest BCUT2D eigenvalue weighted by Crippen LogP contribution is -2.28. The molecule has 0 bridgehead atoms. The summed E-state index contributed by atoms with van der Waals surface area (Å²) in [5, 5.41) is 11.9. The van der Waals surface area contributed by atoms with Crippen molar-refractivity contribution in [2.45, 2.75) is 32.4 Å². The Morgan fingerprint density at radius 3 is 3.18 bits per heavy atom. The number of hydrogen-bond acceptors (Lipinski definition) is 6. The lowest BCUT2D eigenvalue weighted by atomic mass is 10.2. The third kappa shape index (κ3) is 3.23. The first-order chi connectivity index (χ1) is 10.6. The highest BCUT2D eigenvalue weighted by atomic mass is 32.1. The van der Waals surface area contributed by atoms with Gasteiger partial charge in [-0.2, -0.15) is 0 Å². The van der Waals surface area contributed by atoms with Crippen molar-refractivity contribution in [1.82, 2.24) is 14.8 Å². The third-order valence-electron chi connectivity index (χ3n) is 3.42. The Labute approximate surface area is 131 Å². The minimum absolute atomic E-state index is 0.0115. The van der Waals surface area contributed by atoms with Crippen molar-refractivity contribution in [2.75, 3.05) is 11.9 Å². The van der Waals surface area contributed by atoms with E-state index in [-0.39, 0.29) is 24.1 Å². The molecule has 1 aliphatic heterocycles. The molecular formula is C14H16N4O3S. The Kier molecular flexibility index (Phi) is 4.30. The number of amides is 1. The summed E-state index contributed by atoms with van der Waals surface area (Å²) >= 11 is 1.31. The van der Waals surface area contributed by atoms with E-state index in [2.05, 4.69) is 15.5 Å². The maximum absolute atomic E-state index is 12.0. The predicted molar refractivity (Wildman–Crippen MR) is 81.9 cm³/mol. The van der Waals surface area contributed by atoms with Gasteiger partial charge in [0.05, 0.1) is 0 Å². The molecule has 3 rings (SSSR count). The van der Waals surface area contributed by atoms with Gasteiger partial charge in [-0.3, -0.25) is 14.9 Å². The molecule has 2 aromatic heterocycles. The number of pyridine rings is 1. The number of anilines is 1. The monoisotopic (exact) mass is 320 g/mol. The van der Waals surface area contributed by atoms with Crippen molar-refractivity contribution in [1.29, 1.82) is 0 Å². The summed E-state index contributed by atoms with van der Waals surface area (Å²) in [7, 11) is 0. The largest absolute Gasteiger partial charge is 0.371 e. The van der Waals surface area contributed by atoms with E-state index in [4.69, 9.17) is 4.74 Å². The van der Waals surface area contributed by atoms with Gasteiger partial charge in [-0.15, -0.1) is 10.2 Å². The zero-order valence-electron chi connectivity index (χ0n) is 12.1. The smallest absolute Gasteiger partial charge is 0.253 e. The molecule has 0 saturated carbocycles. The first-order valence-corrected chi connectivity index (χ1v) is 7.86. The van der Waals surface area contributed by atoms with Gasteiger partial charge in [-0.05, 0) is 25.8 Å². The third-order valence-corrected chi connectivity index (χ3v) is 4.35. The van der Waals surface area contributed by atoms with Crippen LogP contribution in [0.5, 0.6) is 0 Å². The molecule has 1 amide bonds. The Morgan fingerprint density at radius 1 is 1.55 bits per heavy atom. The molecule has 0 aliphatic carbocycles.